The molecular formula is C24H37NO5. The van der Waals surface area contributed by atoms with Crippen molar-refractivity contribution in [3.8, 4) is 5.75 Å². The predicted molar refractivity (Wildman–Crippen MR) is 117 cm³/mol. The average Bonchev–Trinajstić information content (AvgIpc) is 2.66. The lowest BCUT2D eigenvalue weighted by Crippen LogP contribution is -2.40. The molecule has 1 aromatic rings. The fourth-order valence-electron chi connectivity index (χ4n) is 4.12. The fourth-order valence-corrected chi connectivity index (χ4v) is 4.12. The van der Waals surface area contributed by atoms with Crippen LogP contribution in [0.1, 0.15) is 65.4 Å². The summed E-state index contributed by atoms with van der Waals surface area (Å²) < 4.78 is 10.8. The minimum Gasteiger partial charge on any atom is -0.490 e. The molecular weight excluding hydrogens is 382 g/mol. The van der Waals surface area contributed by atoms with E-state index in [1.165, 1.54) is 20.0 Å². The highest BCUT2D eigenvalue weighted by Gasteiger charge is 2.30. The summed E-state index contributed by atoms with van der Waals surface area (Å²) >= 11 is 0. The third kappa shape index (κ3) is 7.63. The summed E-state index contributed by atoms with van der Waals surface area (Å²) in [6.45, 7) is 8.77. The van der Waals surface area contributed by atoms with Gasteiger partial charge in [0.05, 0.1) is 6.42 Å². The first-order valence-corrected chi connectivity index (χ1v) is 10.9. The van der Waals surface area contributed by atoms with E-state index in [4.69, 9.17) is 14.6 Å². The largest absolute Gasteiger partial charge is 0.490 e. The standard InChI is InChI=1S/C24H37NO5/c1-16(14-22(26)25-19-10-8-18(9-11-19)24(2,3)4)30-20-12-6-17(7-13-20)15-21(29-5)23(27)28/h6-7,12-13,16,18-19,21H,8-11,14-15H2,1-5H3,(H,25,26)(H,27,28)/t16?,18?,19?,21-/m0/s1. The highest BCUT2D eigenvalue weighted by Crippen LogP contribution is 2.37. The van der Waals surface area contributed by atoms with Crippen LogP contribution in [0.5, 0.6) is 5.75 Å². The van der Waals surface area contributed by atoms with Crippen molar-refractivity contribution in [2.75, 3.05) is 7.11 Å². The molecule has 2 atom stereocenters. The predicted octanol–water partition coefficient (Wildman–Crippen LogP) is 4.21. The number of amides is 1. The molecule has 1 aliphatic carbocycles. The molecule has 1 aromatic carbocycles. The number of aliphatic carboxylic acids is 1. The van der Waals surface area contributed by atoms with Crippen LogP contribution in [-0.2, 0) is 20.7 Å². The van der Waals surface area contributed by atoms with Gasteiger partial charge in [0, 0.05) is 19.6 Å². The van der Waals surface area contributed by atoms with Crippen molar-refractivity contribution in [2.24, 2.45) is 11.3 Å². The molecule has 30 heavy (non-hydrogen) atoms. The van der Waals surface area contributed by atoms with Crippen LogP contribution in [0.25, 0.3) is 0 Å². The Kier molecular flexibility index (Phi) is 8.71. The number of hydrogen-bond donors (Lipinski definition) is 2. The van der Waals surface area contributed by atoms with Crippen molar-refractivity contribution < 1.29 is 24.2 Å². The van der Waals surface area contributed by atoms with Crippen LogP contribution in [0.15, 0.2) is 24.3 Å². The van der Waals surface area contributed by atoms with Gasteiger partial charge in [-0.3, -0.25) is 4.79 Å². The van der Waals surface area contributed by atoms with E-state index in [1.807, 2.05) is 19.1 Å². The molecule has 0 spiro atoms. The van der Waals surface area contributed by atoms with E-state index < -0.39 is 12.1 Å². The monoisotopic (exact) mass is 419 g/mol. The van der Waals surface area contributed by atoms with Gasteiger partial charge in [0.2, 0.25) is 5.91 Å². The number of methoxy groups -OCH3 is 1. The van der Waals surface area contributed by atoms with E-state index in [0.717, 1.165) is 24.3 Å². The average molecular weight is 420 g/mol. The molecule has 0 radical (unpaired) electrons. The van der Waals surface area contributed by atoms with Gasteiger partial charge in [-0.1, -0.05) is 32.9 Å². The second-order valence-electron chi connectivity index (χ2n) is 9.53. The Balaban J connectivity index is 1.75. The molecule has 2 N–H and O–H groups in total. The molecule has 168 valence electrons. The summed E-state index contributed by atoms with van der Waals surface area (Å²) in [7, 11) is 1.39. The van der Waals surface area contributed by atoms with Crippen molar-refractivity contribution >= 4 is 11.9 Å². The first-order valence-electron chi connectivity index (χ1n) is 10.9. The molecule has 1 unspecified atom stereocenters. The van der Waals surface area contributed by atoms with Crippen molar-refractivity contribution in [1.82, 2.24) is 5.32 Å². The van der Waals surface area contributed by atoms with Crippen LogP contribution in [0.3, 0.4) is 0 Å². The molecule has 0 heterocycles. The minimum absolute atomic E-state index is 0.0303. The van der Waals surface area contributed by atoms with E-state index in [9.17, 15) is 9.59 Å². The fraction of sp³-hybridized carbons (Fsp3) is 0.667. The van der Waals surface area contributed by atoms with Crippen molar-refractivity contribution in [3.05, 3.63) is 29.8 Å². The van der Waals surface area contributed by atoms with E-state index in [2.05, 4.69) is 26.1 Å². The lowest BCUT2D eigenvalue weighted by atomic mass is 9.71. The summed E-state index contributed by atoms with van der Waals surface area (Å²) in [5.74, 6) is 0.437. The Morgan fingerprint density at radius 3 is 2.23 bits per heavy atom. The second-order valence-corrected chi connectivity index (χ2v) is 9.53. The summed E-state index contributed by atoms with van der Waals surface area (Å²) in [5, 5.41) is 12.2. The first-order chi connectivity index (χ1) is 14.1. The summed E-state index contributed by atoms with van der Waals surface area (Å²) in [6.07, 6.45) is 3.92. The summed E-state index contributed by atoms with van der Waals surface area (Å²) in [4.78, 5) is 23.5. The van der Waals surface area contributed by atoms with E-state index >= 15 is 0 Å². The molecule has 6 nitrogen and oxygen atoms in total. The van der Waals surface area contributed by atoms with Crippen LogP contribution in [0.4, 0.5) is 0 Å². The molecule has 1 fully saturated rings. The third-order valence-electron chi connectivity index (χ3n) is 6.03. The van der Waals surface area contributed by atoms with Crippen LogP contribution in [-0.4, -0.2) is 42.3 Å². The Morgan fingerprint density at radius 2 is 1.73 bits per heavy atom. The zero-order valence-corrected chi connectivity index (χ0v) is 18.9. The van der Waals surface area contributed by atoms with Gasteiger partial charge in [-0.05, 0) is 61.6 Å². The molecule has 0 aromatic heterocycles. The second kappa shape index (κ2) is 10.8. The highest BCUT2D eigenvalue weighted by atomic mass is 16.5. The summed E-state index contributed by atoms with van der Waals surface area (Å²) in [6, 6.07) is 7.51. The Bertz CT molecular complexity index is 687. The zero-order valence-electron chi connectivity index (χ0n) is 18.9. The number of ether oxygens (including phenoxy) is 2. The SMILES string of the molecule is CO[C@@H](Cc1ccc(OC(C)CC(=O)NC2CCC(C(C)(C)C)CC2)cc1)C(=O)O. The molecule has 0 bridgehead atoms. The maximum atomic E-state index is 12.4. The lowest BCUT2D eigenvalue weighted by Gasteiger charge is -2.37. The van der Waals surface area contributed by atoms with Crippen molar-refractivity contribution in [1.29, 1.82) is 0 Å². The number of nitrogens with one attached hydrogen (secondary N) is 1. The molecule has 0 aliphatic heterocycles. The van der Waals surface area contributed by atoms with E-state index in [0.29, 0.717) is 24.0 Å². The van der Waals surface area contributed by atoms with Gasteiger partial charge in [0.1, 0.15) is 11.9 Å². The van der Waals surface area contributed by atoms with Crippen LogP contribution in [0, 0.1) is 11.3 Å². The number of benzene rings is 1. The quantitative estimate of drug-likeness (QED) is 0.626. The van der Waals surface area contributed by atoms with Crippen molar-refractivity contribution in [3.63, 3.8) is 0 Å². The maximum absolute atomic E-state index is 12.4. The minimum atomic E-state index is -0.982. The summed E-state index contributed by atoms with van der Waals surface area (Å²) in [5.41, 5.74) is 1.19. The van der Waals surface area contributed by atoms with Gasteiger partial charge < -0.3 is 19.9 Å². The molecule has 0 saturated heterocycles. The van der Waals surface area contributed by atoms with E-state index in [1.54, 1.807) is 12.1 Å². The number of rotatable bonds is 9. The van der Waals surface area contributed by atoms with Crippen LogP contribution in [0.2, 0.25) is 0 Å². The maximum Gasteiger partial charge on any atom is 0.333 e. The topological polar surface area (TPSA) is 84.9 Å². The smallest absolute Gasteiger partial charge is 0.333 e. The van der Waals surface area contributed by atoms with Gasteiger partial charge in [0.15, 0.2) is 6.10 Å². The van der Waals surface area contributed by atoms with Crippen LogP contribution < -0.4 is 10.1 Å². The van der Waals surface area contributed by atoms with Gasteiger partial charge in [-0.15, -0.1) is 0 Å². The van der Waals surface area contributed by atoms with Crippen molar-refractivity contribution in [2.45, 2.75) is 84.5 Å². The normalized spacial score (nSPS) is 21.5. The number of hydrogen-bond acceptors (Lipinski definition) is 4. The first kappa shape index (κ1) is 24.2. The molecule has 1 saturated carbocycles. The number of carbonyl (C=O) groups excluding carboxylic acids is 1. The molecule has 2 rings (SSSR count). The zero-order chi connectivity index (χ0) is 22.3. The molecule has 1 amide bonds. The Labute approximate surface area is 180 Å². The van der Waals surface area contributed by atoms with E-state index in [-0.39, 0.29) is 18.1 Å². The van der Waals surface area contributed by atoms with Gasteiger partial charge in [-0.25, -0.2) is 4.79 Å². The number of carbonyl (C=O) groups is 2. The Hall–Kier alpha value is -2.08. The van der Waals surface area contributed by atoms with Gasteiger partial charge in [-0.2, -0.15) is 0 Å². The molecule has 6 heteroatoms. The highest BCUT2D eigenvalue weighted by molar-refractivity contribution is 5.76. The lowest BCUT2D eigenvalue weighted by molar-refractivity contribution is -0.148. The number of carboxylic acids is 1. The number of carboxylic acid groups (broad SMARTS) is 1. The van der Waals surface area contributed by atoms with Gasteiger partial charge >= 0.3 is 5.97 Å². The van der Waals surface area contributed by atoms with Crippen LogP contribution >= 0.6 is 0 Å². The van der Waals surface area contributed by atoms with Gasteiger partial charge in [0.25, 0.3) is 0 Å². The Morgan fingerprint density at radius 1 is 1.13 bits per heavy atom. The third-order valence-corrected chi connectivity index (χ3v) is 6.03. The molecule has 1 aliphatic rings.